The molecule has 1 aliphatic carbocycles. The number of pyridine rings is 1. The van der Waals surface area contributed by atoms with Crippen LogP contribution in [0.3, 0.4) is 0 Å². The first-order valence-electron chi connectivity index (χ1n) is 6.26. The van der Waals surface area contributed by atoms with Crippen LogP contribution in [0, 0.1) is 11.8 Å². The number of carbonyl (C=O) groups excluding carboxylic acids is 1. The van der Waals surface area contributed by atoms with E-state index in [2.05, 4.69) is 4.98 Å². The van der Waals surface area contributed by atoms with Crippen molar-refractivity contribution in [2.75, 3.05) is 13.1 Å². The summed E-state index contributed by atoms with van der Waals surface area (Å²) in [5, 5.41) is 0.513. The first kappa shape index (κ1) is 12.2. The number of carbonyl (C=O) groups is 1. The van der Waals surface area contributed by atoms with E-state index in [-0.39, 0.29) is 11.1 Å². The lowest BCUT2D eigenvalue weighted by Gasteiger charge is -2.17. The highest BCUT2D eigenvalue weighted by Crippen LogP contribution is 2.38. The Morgan fingerprint density at radius 1 is 1.22 bits per heavy atom. The van der Waals surface area contributed by atoms with Gasteiger partial charge in [0.25, 0.3) is 5.91 Å². The van der Waals surface area contributed by atoms with Crippen molar-refractivity contribution in [1.29, 1.82) is 0 Å². The molecule has 1 aliphatic heterocycles. The molecule has 2 heterocycles. The second-order valence-electron chi connectivity index (χ2n) is 5.13. The molecule has 1 saturated carbocycles. The van der Waals surface area contributed by atoms with Crippen LogP contribution >= 0.6 is 23.2 Å². The third-order valence-corrected chi connectivity index (χ3v) is 4.56. The van der Waals surface area contributed by atoms with Crippen LogP contribution < -0.4 is 0 Å². The smallest absolute Gasteiger partial charge is 0.257 e. The third kappa shape index (κ3) is 2.10. The van der Waals surface area contributed by atoms with Crippen LogP contribution in [0.15, 0.2) is 12.1 Å². The van der Waals surface area contributed by atoms with Crippen molar-refractivity contribution >= 4 is 29.1 Å². The van der Waals surface area contributed by atoms with Gasteiger partial charge in [-0.25, -0.2) is 4.98 Å². The predicted octanol–water partition coefficient (Wildman–Crippen LogP) is 3.26. The number of aromatic nitrogens is 1. The Morgan fingerprint density at radius 2 is 1.89 bits per heavy atom. The first-order chi connectivity index (χ1) is 8.65. The standard InChI is InChI=1S/C13H14Cl2N2O/c14-11-5-4-10(12(15)16-11)13(18)17-6-8-2-1-3-9(8)7-17/h4-5,8-9H,1-3,6-7H2. The van der Waals surface area contributed by atoms with Crippen LogP contribution in [0.2, 0.25) is 10.3 Å². The minimum Gasteiger partial charge on any atom is -0.338 e. The van der Waals surface area contributed by atoms with Crippen molar-refractivity contribution in [2.45, 2.75) is 19.3 Å². The maximum Gasteiger partial charge on any atom is 0.257 e. The van der Waals surface area contributed by atoms with Crippen LogP contribution in [0.4, 0.5) is 0 Å². The number of hydrogen-bond donors (Lipinski definition) is 0. The fourth-order valence-corrected chi connectivity index (χ4v) is 3.57. The van der Waals surface area contributed by atoms with Gasteiger partial charge in [0.2, 0.25) is 0 Å². The summed E-state index contributed by atoms with van der Waals surface area (Å²) in [4.78, 5) is 18.2. The highest BCUT2D eigenvalue weighted by atomic mass is 35.5. The van der Waals surface area contributed by atoms with Crippen LogP contribution in [0.5, 0.6) is 0 Å². The second-order valence-corrected chi connectivity index (χ2v) is 5.88. The normalized spacial score (nSPS) is 26.4. The van der Waals surface area contributed by atoms with Gasteiger partial charge < -0.3 is 4.90 Å². The number of rotatable bonds is 1. The Morgan fingerprint density at radius 3 is 2.50 bits per heavy atom. The zero-order valence-corrected chi connectivity index (χ0v) is 11.4. The molecular formula is C13H14Cl2N2O. The fraction of sp³-hybridized carbons (Fsp3) is 0.538. The highest BCUT2D eigenvalue weighted by molar-refractivity contribution is 6.34. The van der Waals surface area contributed by atoms with Gasteiger partial charge >= 0.3 is 0 Å². The molecule has 0 N–H and O–H groups in total. The Labute approximate surface area is 116 Å². The van der Waals surface area contributed by atoms with Crippen molar-refractivity contribution in [3.05, 3.63) is 28.0 Å². The van der Waals surface area contributed by atoms with E-state index in [1.807, 2.05) is 4.90 Å². The molecule has 1 amide bonds. The minimum atomic E-state index is -0.0152. The van der Waals surface area contributed by atoms with Crippen molar-refractivity contribution in [3.8, 4) is 0 Å². The topological polar surface area (TPSA) is 33.2 Å². The van der Waals surface area contributed by atoms with E-state index in [1.54, 1.807) is 12.1 Å². The zero-order chi connectivity index (χ0) is 12.7. The summed E-state index contributed by atoms with van der Waals surface area (Å²) in [6, 6.07) is 3.27. The number of halogens is 2. The van der Waals surface area contributed by atoms with Crippen LogP contribution in [0.1, 0.15) is 29.6 Å². The van der Waals surface area contributed by atoms with Gasteiger partial charge in [-0.15, -0.1) is 0 Å². The summed E-state index contributed by atoms with van der Waals surface area (Å²) < 4.78 is 0. The van der Waals surface area contributed by atoms with Gasteiger partial charge in [0, 0.05) is 13.1 Å². The van der Waals surface area contributed by atoms with Crippen molar-refractivity contribution in [2.24, 2.45) is 11.8 Å². The van der Waals surface area contributed by atoms with Gasteiger partial charge in [-0.1, -0.05) is 29.6 Å². The molecular weight excluding hydrogens is 271 g/mol. The van der Waals surface area contributed by atoms with E-state index in [0.717, 1.165) is 13.1 Å². The summed E-state index contributed by atoms with van der Waals surface area (Å²) in [6.07, 6.45) is 3.81. The second kappa shape index (κ2) is 4.71. The molecule has 3 rings (SSSR count). The molecule has 2 unspecified atom stereocenters. The number of fused-ring (bicyclic) bond motifs is 1. The van der Waals surface area contributed by atoms with Crippen LogP contribution in [0.25, 0.3) is 0 Å². The zero-order valence-electron chi connectivity index (χ0n) is 9.90. The summed E-state index contributed by atoms with van der Waals surface area (Å²) >= 11 is 11.7. The quantitative estimate of drug-likeness (QED) is 0.742. The number of amides is 1. The highest BCUT2D eigenvalue weighted by Gasteiger charge is 2.38. The Hall–Kier alpha value is -0.800. The maximum absolute atomic E-state index is 12.4. The Balaban J connectivity index is 1.79. The average Bonchev–Trinajstić information content (AvgIpc) is 2.87. The molecule has 1 saturated heterocycles. The Kier molecular flexibility index (Phi) is 3.20. The molecule has 1 aromatic rings. The lowest BCUT2D eigenvalue weighted by molar-refractivity contribution is 0.0780. The number of hydrogen-bond acceptors (Lipinski definition) is 2. The molecule has 5 heteroatoms. The molecule has 96 valence electrons. The van der Waals surface area contributed by atoms with Crippen LogP contribution in [-0.2, 0) is 0 Å². The lowest BCUT2D eigenvalue weighted by Crippen LogP contribution is -2.29. The van der Waals surface area contributed by atoms with E-state index < -0.39 is 0 Å². The van der Waals surface area contributed by atoms with Crippen molar-refractivity contribution in [3.63, 3.8) is 0 Å². The summed E-state index contributed by atoms with van der Waals surface area (Å²) in [7, 11) is 0. The molecule has 2 aliphatic rings. The van der Waals surface area contributed by atoms with Gasteiger partial charge in [0.15, 0.2) is 0 Å². The first-order valence-corrected chi connectivity index (χ1v) is 7.02. The van der Waals surface area contributed by atoms with Gasteiger partial charge in [-0.3, -0.25) is 4.79 Å². The minimum absolute atomic E-state index is 0.0152. The molecule has 0 spiro atoms. The summed E-state index contributed by atoms with van der Waals surface area (Å²) in [5.41, 5.74) is 0.459. The van der Waals surface area contributed by atoms with Gasteiger partial charge in [-0.2, -0.15) is 0 Å². The van der Waals surface area contributed by atoms with Gasteiger partial charge in [0.1, 0.15) is 10.3 Å². The van der Waals surface area contributed by atoms with E-state index in [0.29, 0.717) is 22.6 Å². The molecule has 0 aromatic carbocycles. The molecule has 1 aromatic heterocycles. The average molecular weight is 285 g/mol. The molecule has 2 atom stereocenters. The monoisotopic (exact) mass is 284 g/mol. The summed E-state index contributed by atoms with van der Waals surface area (Å²) in [6.45, 7) is 1.73. The van der Waals surface area contributed by atoms with E-state index in [1.165, 1.54) is 19.3 Å². The number of nitrogens with zero attached hydrogens (tertiary/aromatic N) is 2. The maximum atomic E-state index is 12.4. The van der Waals surface area contributed by atoms with Crippen LogP contribution in [-0.4, -0.2) is 28.9 Å². The summed E-state index contributed by atoms with van der Waals surface area (Å²) in [5.74, 6) is 1.36. The molecule has 0 radical (unpaired) electrons. The van der Waals surface area contributed by atoms with Gasteiger partial charge in [-0.05, 0) is 36.8 Å². The Bertz CT molecular complexity index is 480. The van der Waals surface area contributed by atoms with Gasteiger partial charge in [0.05, 0.1) is 5.56 Å². The van der Waals surface area contributed by atoms with Crippen molar-refractivity contribution < 1.29 is 4.79 Å². The number of likely N-dealkylation sites (tertiary alicyclic amines) is 1. The fourth-order valence-electron chi connectivity index (χ4n) is 3.14. The molecule has 18 heavy (non-hydrogen) atoms. The van der Waals surface area contributed by atoms with E-state index in [9.17, 15) is 4.79 Å². The molecule has 2 fully saturated rings. The predicted molar refractivity (Wildman–Crippen MR) is 71.0 cm³/mol. The molecule has 3 nitrogen and oxygen atoms in total. The van der Waals surface area contributed by atoms with E-state index >= 15 is 0 Å². The third-order valence-electron chi connectivity index (χ3n) is 4.06. The molecule has 0 bridgehead atoms. The SMILES string of the molecule is O=C(c1ccc(Cl)nc1Cl)N1CC2CCCC2C1. The lowest BCUT2D eigenvalue weighted by atomic mass is 10.0. The van der Waals surface area contributed by atoms with E-state index in [4.69, 9.17) is 23.2 Å². The van der Waals surface area contributed by atoms with Crippen molar-refractivity contribution in [1.82, 2.24) is 9.88 Å². The largest absolute Gasteiger partial charge is 0.338 e.